The summed E-state index contributed by atoms with van der Waals surface area (Å²) in [6.45, 7) is 0.503. The predicted octanol–water partition coefficient (Wildman–Crippen LogP) is 2.64. The standard InChI is InChI=1S/C14H16N4O.HI/c1-19-13-6-4-12(5-7-13)18-14(15)17-10-11-3-2-8-16-9-11;/h2-9H,10H2,1H3,(H3,15,17,18);1H. The summed E-state index contributed by atoms with van der Waals surface area (Å²) in [4.78, 5) is 8.27. The molecular formula is C14H17IN4O. The van der Waals surface area contributed by atoms with E-state index in [0.29, 0.717) is 12.5 Å². The second kappa shape index (κ2) is 8.36. The van der Waals surface area contributed by atoms with Crippen LogP contribution in [0, 0.1) is 0 Å². The number of hydrogen-bond acceptors (Lipinski definition) is 3. The number of halogens is 1. The third-order valence-corrected chi connectivity index (χ3v) is 2.52. The van der Waals surface area contributed by atoms with E-state index in [1.807, 2.05) is 36.4 Å². The van der Waals surface area contributed by atoms with Crippen LogP contribution in [0.3, 0.4) is 0 Å². The van der Waals surface area contributed by atoms with Crippen molar-refractivity contribution in [1.29, 1.82) is 0 Å². The molecule has 1 aromatic heterocycles. The van der Waals surface area contributed by atoms with Crippen LogP contribution in [-0.4, -0.2) is 18.1 Å². The number of benzene rings is 1. The number of guanidine groups is 1. The highest BCUT2D eigenvalue weighted by molar-refractivity contribution is 14.0. The van der Waals surface area contributed by atoms with Crippen LogP contribution >= 0.6 is 24.0 Å². The third kappa shape index (κ3) is 5.04. The smallest absolute Gasteiger partial charge is 0.193 e. The first-order valence-corrected chi connectivity index (χ1v) is 5.88. The average Bonchev–Trinajstić information content (AvgIpc) is 2.47. The minimum Gasteiger partial charge on any atom is -0.497 e. The first-order valence-electron chi connectivity index (χ1n) is 5.88. The Bertz CT molecular complexity index is 543. The number of anilines is 1. The fourth-order valence-electron chi connectivity index (χ4n) is 1.53. The van der Waals surface area contributed by atoms with Crippen molar-refractivity contribution >= 4 is 35.6 Å². The summed E-state index contributed by atoms with van der Waals surface area (Å²) < 4.78 is 5.08. The lowest BCUT2D eigenvalue weighted by Crippen LogP contribution is -2.22. The van der Waals surface area contributed by atoms with Crippen LogP contribution in [0.15, 0.2) is 53.8 Å². The van der Waals surface area contributed by atoms with Crippen LogP contribution in [0.5, 0.6) is 5.75 Å². The summed E-state index contributed by atoms with van der Waals surface area (Å²) in [7, 11) is 1.63. The van der Waals surface area contributed by atoms with Crippen molar-refractivity contribution in [3.63, 3.8) is 0 Å². The van der Waals surface area contributed by atoms with Crippen LogP contribution in [0.4, 0.5) is 5.69 Å². The van der Waals surface area contributed by atoms with Crippen LogP contribution in [0.2, 0.25) is 0 Å². The monoisotopic (exact) mass is 384 g/mol. The first kappa shape index (κ1) is 16.2. The van der Waals surface area contributed by atoms with Crippen molar-refractivity contribution < 1.29 is 4.74 Å². The number of rotatable bonds is 4. The van der Waals surface area contributed by atoms with E-state index in [1.165, 1.54) is 0 Å². The summed E-state index contributed by atoms with van der Waals surface area (Å²) in [5.41, 5.74) is 7.70. The van der Waals surface area contributed by atoms with Gasteiger partial charge in [-0.2, -0.15) is 0 Å². The summed E-state index contributed by atoms with van der Waals surface area (Å²) in [5, 5.41) is 3.02. The van der Waals surface area contributed by atoms with E-state index in [-0.39, 0.29) is 24.0 Å². The van der Waals surface area contributed by atoms with Crippen molar-refractivity contribution in [2.45, 2.75) is 6.54 Å². The molecule has 6 heteroatoms. The molecule has 1 heterocycles. The molecule has 0 aliphatic rings. The number of methoxy groups -OCH3 is 1. The Balaban J connectivity index is 0.00000200. The maximum Gasteiger partial charge on any atom is 0.193 e. The van der Waals surface area contributed by atoms with Gasteiger partial charge in [-0.15, -0.1) is 24.0 Å². The van der Waals surface area contributed by atoms with E-state index in [1.54, 1.807) is 19.5 Å². The number of ether oxygens (including phenoxy) is 1. The topological polar surface area (TPSA) is 72.5 Å². The SMILES string of the molecule is COc1ccc(NC(N)=NCc2cccnc2)cc1.I. The lowest BCUT2D eigenvalue weighted by atomic mass is 10.3. The second-order valence-corrected chi connectivity index (χ2v) is 3.92. The molecule has 0 aliphatic carbocycles. The quantitative estimate of drug-likeness (QED) is 0.483. The molecule has 0 amide bonds. The summed E-state index contributed by atoms with van der Waals surface area (Å²) in [5.74, 6) is 1.17. The number of nitrogens with two attached hydrogens (primary N) is 1. The maximum atomic E-state index is 5.81. The average molecular weight is 384 g/mol. The van der Waals surface area contributed by atoms with Crippen molar-refractivity contribution in [2.24, 2.45) is 10.7 Å². The van der Waals surface area contributed by atoms with Crippen LogP contribution in [0.1, 0.15) is 5.56 Å². The van der Waals surface area contributed by atoms with Crippen molar-refractivity contribution in [3.05, 3.63) is 54.4 Å². The molecule has 0 fully saturated rings. The largest absolute Gasteiger partial charge is 0.497 e. The Morgan fingerprint density at radius 3 is 2.65 bits per heavy atom. The van der Waals surface area contributed by atoms with Gasteiger partial charge in [0.05, 0.1) is 13.7 Å². The van der Waals surface area contributed by atoms with E-state index in [4.69, 9.17) is 10.5 Å². The van der Waals surface area contributed by atoms with Gasteiger partial charge in [-0.05, 0) is 35.9 Å². The molecule has 3 N–H and O–H groups in total. The molecule has 1 aromatic carbocycles. The molecule has 0 aliphatic heterocycles. The molecular weight excluding hydrogens is 367 g/mol. The molecule has 2 rings (SSSR count). The Morgan fingerprint density at radius 2 is 2.05 bits per heavy atom. The highest BCUT2D eigenvalue weighted by Gasteiger charge is 1.96. The van der Waals surface area contributed by atoms with Gasteiger partial charge in [0.1, 0.15) is 5.75 Å². The molecule has 2 aromatic rings. The molecule has 0 atom stereocenters. The highest BCUT2D eigenvalue weighted by Crippen LogP contribution is 2.14. The Labute approximate surface area is 135 Å². The van der Waals surface area contributed by atoms with Gasteiger partial charge in [0.2, 0.25) is 0 Å². The Hall–Kier alpha value is -1.83. The number of pyridine rings is 1. The molecule has 5 nitrogen and oxygen atoms in total. The summed E-state index contributed by atoms with van der Waals surface area (Å²) in [6, 6.07) is 11.3. The number of aliphatic imine (C=N–C) groups is 1. The Kier molecular flexibility index (Phi) is 6.78. The number of aromatic nitrogens is 1. The van der Waals surface area contributed by atoms with Gasteiger partial charge in [-0.25, -0.2) is 4.99 Å². The van der Waals surface area contributed by atoms with E-state index in [2.05, 4.69) is 15.3 Å². The van der Waals surface area contributed by atoms with E-state index >= 15 is 0 Å². The second-order valence-electron chi connectivity index (χ2n) is 3.92. The first-order chi connectivity index (χ1) is 9.28. The van der Waals surface area contributed by atoms with Crippen LogP contribution < -0.4 is 15.8 Å². The summed E-state index contributed by atoms with van der Waals surface area (Å²) >= 11 is 0. The van der Waals surface area contributed by atoms with Crippen molar-refractivity contribution in [3.8, 4) is 5.75 Å². The van der Waals surface area contributed by atoms with Crippen molar-refractivity contribution in [1.82, 2.24) is 4.98 Å². The van der Waals surface area contributed by atoms with E-state index < -0.39 is 0 Å². The van der Waals surface area contributed by atoms with Gasteiger partial charge >= 0.3 is 0 Å². The van der Waals surface area contributed by atoms with Gasteiger partial charge in [0.25, 0.3) is 0 Å². The fourth-order valence-corrected chi connectivity index (χ4v) is 1.53. The number of nitrogens with one attached hydrogen (secondary N) is 1. The van der Waals surface area contributed by atoms with Gasteiger partial charge < -0.3 is 15.8 Å². The number of nitrogens with zero attached hydrogens (tertiary/aromatic N) is 2. The van der Waals surface area contributed by atoms with E-state index in [9.17, 15) is 0 Å². The zero-order valence-corrected chi connectivity index (χ0v) is 13.4. The highest BCUT2D eigenvalue weighted by atomic mass is 127. The molecule has 0 bridgehead atoms. The molecule has 20 heavy (non-hydrogen) atoms. The normalized spacial score (nSPS) is 10.6. The zero-order chi connectivity index (χ0) is 13.5. The molecule has 0 saturated heterocycles. The molecule has 0 saturated carbocycles. The number of hydrogen-bond donors (Lipinski definition) is 2. The van der Waals surface area contributed by atoms with Gasteiger partial charge in [-0.3, -0.25) is 4.98 Å². The molecule has 106 valence electrons. The lowest BCUT2D eigenvalue weighted by molar-refractivity contribution is 0.415. The molecule has 0 radical (unpaired) electrons. The van der Waals surface area contributed by atoms with Gasteiger partial charge in [-0.1, -0.05) is 6.07 Å². The van der Waals surface area contributed by atoms with Gasteiger partial charge in [0, 0.05) is 18.1 Å². The minimum atomic E-state index is 0. The van der Waals surface area contributed by atoms with E-state index in [0.717, 1.165) is 17.0 Å². The molecule has 0 unspecified atom stereocenters. The fraction of sp³-hybridized carbons (Fsp3) is 0.143. The van der Waals surface area contributed by atoms with Crippen molar-refractivity contribution in [2.75, 3.05) is 12.4 Å². The van der Waals surface area contributed by atoms with Gasteiger partial charge in [0.15, 0.2) is 5.96 Å². The van der Waals surface area contributed by atoms with Crippen LogP contribution in [0.25, 0.3) is 0 Å². The predicted molar refractivity (Wildman–Crippen MR) is 91.6 cm³/mol. The third-order valence-electron chi connectivity index (χ3n) is 2.52. The summed E-state index contributed by atoms with van der Waals surface area (Å²) in [6.07, 6.45) is 3.50. The molecule has 0 spiro atoms. The lowest BCUT2D eigenvalue weighted by Gasteiger charge is -2.06. The Morgan fingerprint density at radius 1 is 1.30 bits per heavy atom. The zero-order valence-electron chi connectivity index (χ0n) is 11.1. The minimum absolute atomic E-state index is 0. The maximum absolute atomic E-state index is 5.81. The van der Waals surface area contributed by atoms with Crippen LogP contribution in [-0.2, 0) is 6.54 Å².